The van der Waals surface area contributed by atoms with Gasteiger partial charge in [-0.3, -0.25) is 18.9 Å². The second kappa shape index (κ2) is 9.29. The van der Waals surface area contributed by atoms with Gasteiger partial charge in [0.2, 0.25) is 0 Å². The number of ketones is 1. The van der Waals surface area contributed by atoms with E-state index in [1.165, 1.54) is 19.2 Å². The van der Waals surface area contributed by atoms with Gasteiger partial charge in [-0.25, -0.2) is 14.8 Å². The average molecular weight is 557 g/mol. The summed E-state index contributed by atoms with van der Waals surface area (Å²) in [5, 5.41) is 12.1. The summed E-state index contributed by atoms with van der Waals surface area (Å²) in [6.07, 6.45) is 1.70. The number of thiazole rings is 1. The number of rotatable bonds is 4. The van der Waals surface area contributed by atoms with Crippen LogP contribution < -0.4 is 4.90 Å². The van der Waals surface area contributed by atoms with E-state index in [0.29, 0.717) is 22.6 Å². The van der Waals surface area contributed by atoms with E-state index in [0.717, 1.165) is 16.2 Å². The molecule has 1 amide bonds. The number of halogens is 2. The van der Waals surface area contributed by atoms with E-state index in [2.05, 4.69) is 9.97 Å². The second-order valence-corrected chi connectivity index (χ2v) is 10.0. The number of methoxy groups -OCH3 is 1. The molecule has 0 bridgehead atoms. The van der Waals surface area contributed by atoms with Crippen LogP contribution >= 0.6 is 34.5 Å². The number of carbonyl (C=O) groups excluding carboxylic acids is 3. The molecule has 37 heavy (non-hydrogen) atoms. The van der Waals surface area contributed by atoms with Crippen LogP contribution in [-0.2, 0) is 14.3 Å². The molecule has 0 radical (unpaired) electrons. The largest absolute Gasteiger partial charge is 0.505 e. The predicted molar refractivity (Wildman–Crippen MR) is 139 cm³/mol. The number of aryl methyl sites for hydroxylation is 2. The Kier molecular flexibility index (Phi) is 6.26. The van der Waals surface area contributed by atoms with Crippen molar-refractivity contribution < 1.29 is 24.2 Å². The second-order valence-electron chi connectivity index (χ2n) is 8.22. The van der Waals surface area contributed by atoms with Crippen LogP contribution in [0.2, 0.25) is 10.0 Å². The molecule has 5 rings (SSSR count). The molecule has 1 N–H and O–H groups in total. The molecule has 1 unspecified atom stereocenters. The Morgan fingerprint density at radius 1 is 1.08 bits per heavy atom. The molecule has 4 heterocycles. The van der Waals surface area contributed by atoms with E-state index in [1.54, 1.807) is 48.7 Å². The van der Waals surface area contributed by atoms with Crippen molar-refractivity contribution in [3.8, 4) is 0 Å². The molecule has 12 heteroatoms. The first-order chi connectivity index (χ1) is 17.6. The number of pyridine rings is 1. The van der Waals surface area contributed by atoms with Gasteiger partial charge in [0.15, 0.2) is 10.9 Å². The molecule has 188 valence electrons. The molecule has 1 saturated heterocycles. The Morgan fingerprint density at radius 3 is 2.54 bits per heavy atom. The highest BCUT2D eigenvalue weighted by Gasteiger charge is 2.49. The van der Waals surface area contributed by atoms with Crippen molar-refractivity contribution in [3.05, 3.63) is 85.7 Å². The summed E-state index contributed by atoms with van der Waals surface area (Å²) in [4.78, 5) is 49.3. The van der Waals surface area contributed by atoms with E-state index in [1.807, 2.05) is 0 Å². The maximum Gasteiger partial charge on any atom is 0.350 e. The number of imidazole rings is 1. The Balaban J connectivity index is 1.78. The third kappa shape index (κ3) is 3.97. The number of anilines is 1. The standard InChI is InChI=1S/C25H18Cl2N4O5S/c1-11-18(30-9-5-4-6-16(30)28-11)20(32)17-19(13-7-8-14(26)15(27)10-13)31(23(34)21(17)33)25-29-12(2)22(37-25)24(35)36-3/h4-10,19,32H,1-3H3. The zero-order valence-electron chi connectivity index (χ0n) is 19.7. The number of Topliss-reactive ketones (excluding diaryl/α,β-unsaturated/α-hetero) is 1. The third-order valence-electron chi connectivity index (χ3n) is 5.99. The SMILES string of the molecule is COC(=O)c1sc(N2C(=O)C(=O)C(=C(O)c3c(C)nc4ccccn34)C2c2ccc(Cl)c(Cl)c2)nc1C. The van der Waals surface area contributed by atoms with Crippen molar-refractivity contribution in [2.75, 3.05) is 12.0 Å². The van der Waals surface area contributed by atoms with Crippen LogP contribution in [0.15, 0.2) is 48.2 Å². The molecule has 0 spiro atoms. The molecular weight excluding hydrogens is 539 g/mol. The van der Waals surface area contributed by atoms with Gasteiger partial charge in [0.25, 0.3) is 5.78 Å². The number of aromatic nitrogens is 3. The van der Waals surface area contributed by atoms with Crippen molar-refractivity contribution in [1.82, 2.24) is 14.4 Å². The van der Waals surface area contributed by atoms with Gasteiger partial charge >= 0.3 is 11.9 Å². The van der Waals surface area contributed by atoms with Crippen molar-refractivity contribution in [3.63, 3.8) is 0 Å². The Hall–Kier alpha value is -3.73. The summed E-state index contributed by atoms with van der Waals surface area (Å²) in [6.45, 7) is 3.29. The van der Waals surface area contributed by atoms with Crippen LogP contribution in [0, 0.1) is 13.8 Å². The highest BCUT2D eigenvalue weighted by molar-refractivity contribution is 7.17. The summed E-state index contributed by atoms with van der Waals surface area (Å²) in [6, 6.07) is 8.85. The van der Waals surface area contributed by atoms with Crippen molar-refractivity contribution in [1.29, 1.82) is 0 Å². The number of hydrogen-bond donors (Lipinski definition) is 1. The number of esters is 1. The lowest BCUT2D eigenvalue weighted by Gasteiger charge is -2.23. The first-order valence-electron chi connectivity index (χ1n) is 10.9. The van der Waals surface area contributed by atoms with Crippen molar-refractivity contribution in [2.45, 2.75) is 19.9 Å². The fourth-order valence-electron chi connectivity index (χ4n) is 4.32. The lowest BCUT2D eigenvalue weighted by Crippen LogP contribution is -2.29. The van der Waals surface area contributed by atoms with Crippen molar-refractivity contribution >= 4 is 68.7 Å². The number of fused-ring (bicyclic) bond motifs is 1. The maximum atomic E-state index is 13.5. The lowest BCUT2D eigenvalue weighted by atomic mass is 9.96. The molecule has 9 nitrogen and oxygen atoms in total. The highest BCUT2D eigenvalue weighted by atomic mass is 35.5. The number of carbonyl (C=O) groups is 3. The van der Waals surface area contributed by atoms with Gasteiger partial charge in [0, 0.05) is 6.20 Å². The third-order valence-corrected chi connectivity index (χ3v) is 7.87. The number of aliphatic hydroxyl groups excluding tert-OH is 1. The first kappa shape index (κ1) is 24.9. The Labute approximate surface area is 224 Å². The van der Waals surface area contributed by atoms with Crippen LogP contribution in [0.1, 0.15) is 38.4 Å². The van der Waals surface area contributed by atoms with Crippen LogP contribution in [0.25, 0.3) is 11.4 Å². The lowest BCUT2D eigenvalue weighted by molar-refractivity contribution is -0.132. The molecule has 1 aliphatic heterocycles. The average Bonchev–Trinajstić information content (AvgIpc) is 3.50. The zero-order chi connectivity index (χ0) is 26.6. The monoisotopic (exact) mass is 556 g/mol. The van der Waals surface area contributed by atoms with Crippen LogP contribution in [-0.4, -0.2) is 44.2 Å². The molecular formula is C25H18Cl2N4O5S. The topological polar surface area (TPSA) is 114 Å². The van der Waals surface area contributed by atoms with Gasteiger partial charge in [-0.05, 0) is 43.7 Å². The molecule has 1 aliphatic rings. The quantitative estimate of drug-likeness (QED) is 0.160. The van der Waals surface area contributed by atoms with Crippen LogP contribution in [0.3, 0.4) is 0 Å². The first-order valence-corrected chi connectivity index (χ1v) is 12.5. The number of hydrogen-bond acceptors (Lipinski definition) is 8. The van der Waals surface area contributed by atoms with Gasteiger partial charge in [-0.1, -0.05) is 46.7 Å². The Morgan fingerprint density at radius 2 is 1.84 bits per heavy atom. The van der Waals surface area contributed by atoms with E-state index < -0.39 is 29.5 Å². The summed E-state index contributed by atoms with van der Waals surface area (Å²) in [7, 11) is 1.24. The summed E-state index contributed by atoms with van der Waals surface area (Å²) >= 11 is 13.3. The van der Waals surface area contributed by atoms with E-state index in [9.17, 15) is 19.5 Å². The molecule has 4 aromatic rings. The van der Waals surface area contributed by atoms with E-state index in [-0.39, 0.29) is 31.3 Å². The summed E-state index contributed by atoms with van der Waals surface area (Å²) in [5.74, 6) is -2.87. The molecule has 3 aromatic heterocycles. The minimum Gasteiger partial charge on any atom is -0.505 e. The van der Waals surface area contributed by atoms with E-state index in [4.69, 9.17) is 27.9 Å². The van der Waals surface area contributed by atoms with Gasteiger partial charge in [-0.15, -0.1) is 0 Å². The number of nitrogens with zero attached hydrogens (tertiary/aromatic N) is 4. The molecule has 1 fully saturated rings. The molecule has 0 aliphatic carbocycles. The molecule has 1 atom stereocenters. The fraction of sp³-hybridized carbons (Fsp3) is 0.160. The van der Waals surface area contributed by atoms with Gasteiger partial charge < -0.3 is 9.84 Å². The van der Waals surface area contributed by atoms with Crippen LogP contribution in [0.5, 0.6) is 0 Å². The summed E-state index contributed by atoms with van der Waals surface area (Å²) < 4.78 is 6.45. The highest BCUT2D eigenvalue weighted by Crippen LogP contribution is 2.45. The number of ether oxygens (including phenoxy) is 1. The molecule has 0 saturated carbocycles. The Bertz CT molecular complexity index is 1660. The molecule has 1 aromatic carbocycles. The van der Waals surface area contributed by atoms with Crippen molar-refractivity contribution in [2.24, 2.45) is 0 Å². The smallest absolute Gasteiger partial charge is 0.350 e. The predicted octanol–water partition coefficient (Wildman–Crippen LogP) is 5.13. The minimum absolute atomic E-state index is 0.0880. The van der Waals surface area contributed by atoms with Gasteiger partial charge in [-0.2, -0.15) is 0 Å². The van der Waals surface area contributed by atoms with E-state index >= 15 is 0 Å². The summed E-state index contributed by atoms with van der Waals surface area (Å²) in [5.41, 5.74) is 1.85. The number of benzene rings is 1. The zero-order valence-corrected chi connectivity index (χ0v) is 22.0. The fourth-order valence-corrected chi connectivity index (χ4v) is 5.64. The number of amides is 1. The minimum atomic E-state index is -1.11. The van der Waals surface area contributed by atoms with Crippen LogP contribution in [0.4, 0.5) is 5.13 Å². The van der Waals surface area contributed by atoms with Gasteiger partial charge in [0.05, 0.1) is 40.2 Å². The van der Waals surface area contributed by atoms with Gasteiger partial charge in [0.1, 0.15) is 16.2 Å². The normalized spacial score (nSPS) is 17.1. The number of aliphatic hydroxyl groups is 1. The maximum absolute atomic E-state index is 13.5.